The molecule has 152 valence electrons. The second kappa shape index (κ2) is 9.60. The van der Waals surface area contributed by atoms with Crippen LogP contribution in [0.1, 0.15) is 40.2 Å². The van der Waals surface area contributed by atoms with Gasteiger partial charge in [0.05, 0.1) is 0 Å². The summed E-state index contributed by atoms with van der Waals surface area (Å²) in [5.41, 5.74) is 2.31. The normalized spacial score (nSPS) is 11.3. The zero-order valence-corrected chi connectivity index (χ0v) is 17.8. The fourth-order valence-electron chi connectivity index (χ4n) is 2.62. The lowest BCUT2D eigenvalue weighted by atomic mass is 10.1. The number of urea groups is 1. The Balaban J connectivity index is 3.15. The van der Waals surface area contributed by atoms with Gasteiger partial charge in [0.15, 0.2) is 0 Å². The number of ether oxygens (including phenoxy) is 1. The van der Waals surface area contributed by atoms with Gasteiger partial charge in [-0.25, -0.2) is 4.79 Å². The summed E-state index contributed by atoms with van der Waals surface area (Å²) in [4.78, 5) is 28.3. The molecule has 2 N–H and O–H groups in total. The van der Waals surface area contributed by atoms with Crippen LogP contribution in [-0.2, 0) is 16.1 Å². The quantitative estimate of drug-likeness (QED) is 0.765. The van der Waals surface area contributed by atoms with Gasteiger partial charge in [-0.15, -0.1) is 0 Å². The molecular weight excluding hydrogens is 344 g/mol. The highest BCUT2D eigenvalue weighted by Gasteiger charge is 2.23. The zero-order chi connectivity index (χ0) is 20.8. The van der Waals surface area contributed by atoms with Crippen molar-refractivity contribution in [2.75, 3.05) is 38.0 Å². The molecule has 0 bridgehead atoms. The van der Waals surface area contributed by atoms with E-state index in [4.69, 9.17) is 4.74 Å². The number of hydrogen-bond acceptors (Lipinski definition) is 4. The van der Waals surface area contributed by atoms with Gasteiger partial charge < -0.3 is 25.2 Å². The summed E-state index contributed by atoms with van der Waals surface area (Å²) < 4.78 is 4.86. The Bertz CT molecular complexity index is 651. The lowest BCUT2D eigenvalue weighted by Crippen LogP contribution is -2.50. The van der Waals surface area contributed by atoms with Crippen LogP contribution in [0, 0.1) is 0 Å². The van der Waals surface area contributed by atoms with E-state index in [1.54, 1.807) is 4.90 Å². The van der Waals surface area contributed by atoms with Gasteiger partial charge in [0.25, 0.3) is 0 Å². The highest BCUT2D eigenvalue weighted by Crippen LogP contribution is 2.25. The Morgan fingerprint density at radius 2 is 1.81 bits per heavy atom. The fourth-order valence-corrected chi connectivity index (χ4v) is 2.62. The first-order valence-corrected chi connectivity index (χ1v) is 9.12. The van der Waals surface area contributed by atoms with Crippen LogP contribution in [0.4, 0.5) is 16.2 Å². The van der Waals surface area contributed by atoms with Crippen LogP contribution in [0.2, 0.25) is 0 Å². The molecule has 0 spiro atoms. The maximum atomic E-state index is 12.7. The molecule has 27 heavy (non-hydrogen) atoms. The van der Waals surface area contributed by atoms with E-state index < -0.39 is 0 Å². The molecule has 7 nitrogen and oxygen atoms in total. The van der Waals surface area contributed by atoms with Crippen molar-refractivity contribution in [1.29, 1.82) is 0 Å². The van der Waals surface area contributed by atoms with Gasteiger partial charge in [0.2, 0.25) is 5.91 Å². The smallest absolute Gasteiger partial charge is 0.318 e. The summed E-state index contributed by atoms with van der Waals surface area (Å²) >= 11 is 0. The minimum Gasteiger partial charge on any atom is -0.377 e. The van der Waals surface area contributed by atoms with Crippen molar-refractivity contribution in [2.24, 2.45) is 0 Å². The minimum absolute atomic E-state index is 0.00310. The molecule has 0 fully saturated rings. The Morgan fingerprint density at radius 1 is 1.19 bits per heavy atom. The molecule has 0 unspecified atom stereocenters. The van der Waals surface area contributed by atoms with Crippen molar-refractivity contribution in [3.8, 4) is 0 Å². The third-order valence-electron chi connectivity index (χ3n) is 3.83. The molecule has 0 saturated heterocycles. The van der Waals surface area contributed by atoms with E-state index in [0.29, 0.717) is 12.2 Å². The molecule has 1 aromatic rings. The van der Waals surface area contributed by atoms with Crippen LogP contribution in [0.25, 0.3) is 0 Å². The second-order valence-corrected chi connectivity index (χ2v) is 8.12. The number of benzene rings is 1. The highest BCUT2D eigenvalue weighted by molar-refractivity contribution is 5.92. The molecule has 0 aromatic heterocycles. The molecule has 3 amide bonds. The number of amides is 3. The Kier molecular flexibility index (Phi) is 8.09. The van der Waals surface area contributed by atoms with Gasteiger partial charge in [-0.05, 0) is 58.4 Å². The van der Waals surface area contributed by atoms with Crippen molar-refractivity contribution in [2.45, 2.75) is 52.7 Å². The van der Waals surface area contributed by atoms with E-state index in [1.165, 1.54) is 7.11 Å². The first-order valence-electron chi connectivity index (χ1n) is 9.12. The van der Waals surface area contributed by atoms with Crippen molar-refractivity contribution < 1.29 is 14.3 Å². The summed E-state index contributed by atoms with van der Waals surface area (Å²) in [5, 5.41) is 5.84. The molecule has 7 heteroatoms. The van der Waals surface area contributed by atoms with E-state index in [0.717, 1.165) is 11.3 Å². The minimum atomic E-state index is -0.315. The molecule has 0 radical (unpaired) electrons. The molecule has 0 atom stereocenters. The van der Waals surface area contributed by atoms with Crippen LogP contribution in [0.15, 0.2) is 18.2 Å². The molecular formula is C20H34N4O3. The van der Waals surface area contributed by atoms with Gasteiger partial charge in [0.1, 0.15) is 6.61 Å². The third-order valence-corrected chi connectivity index (χ3v) is 3.83. The van der Waals surface area contributed by atoms with E-state index in [2.05, 4.69) is 10.6 Å². The Morgan fingerprint density at radius 3 is 2.30 bits per heavy atom. The largest absolute Gasteiger partial charge is 0.377 e. The number of nitrogens with one attached hydrogen (secondary N) is 2. The topological polar surface area (TPSA) is 73.9 Å². The van der Waals surface area contributed by atoms with Crippen LogP contribution in [-0.4, -0.2) is 56.2 Å². The number of hydrogen-bond donors (Lipinski definition) is 2. The first kappa shape index (κ1) is 22.8. The highest BCUT2D eigenvalue weighted by atomic mass is 16.5. The predicted molar refractivity (Wildman–Crippen MR) is 110 cm³/mol. The SMILES string of the molecule is COCC(=O)Nc1ccc(N(C)C)c(CN(C(=O)NC(C)(C)C)C(C)C)c1. The van der Waals surface area contributed by atoms with Crippen LogP contribution < -0.4 is 15.5 Å². The van der Waals surface area contributed by atoms with Crippen molar-refractivity contribution in [3.63, 3.8) is 0 Å². The average molecular weight is 379 g/mol. The maximum absolute atomic E-state index is 12.7. The molecule has 0 aliphatic heterocycles. The molecule has 1 aromatic carbocycles. The number of carbonyl (C=O) groups excluding carboxylic acids is 2. The van der Waals surface area contributed by atoms with Gasteiger partial charge in [0, 0.05) is 50.7 Å². The molecule has 0 aliphatic rings. The summed E-state index contributed by atoms with van der Waals surface area (Å²) in [7, 11) is 5.39. The first-order chi connectivity index (χ1) is 12.4. The van der Waals surface area contributed by atoms with Gasteiger partial charge in [-0.1, -0.05) is 0 Å². The third kappa shape index (κ3) is 7.46. The lowest BCUT2D eigenvalue weighted by molar-refractivity contribution is -0.119. The molecule has 0 aliphatic carbocycles. The predicted octanol–water partition coefficient (Wildman–Crippen LogP) is 3.06. The Hall–Kier alpha value is -2.28. The average Bonchev–Trinajstić information content (AvgIpc) is 2.50. The monoisotopic (exact) mass is 378 g/mol. The summed E-state index contributed by atoms with van der Waals surface area (Å²) in [5.74, 6) is -0.216. The lowest BCUT2D eigenvalue weighted by Gasteiger charge is -2.32. The van der Waals surface area contributed by atoms with Gasteiger partial charge in [-0.3, -0.25) is 4.79 Å². The van der Waals surface area contributed by atoms with Gasteiger partial charge in [-0.2, -0.15) is 0 Å². The zero-order valence-electron chi connectivity index (χ0n) is 17.8. The fraction of sp³-hybridized carbons (Fsp3) is 0.600. The van der Waals surface area contributed by atoms with E-state index in [1.807, 2.05) is 71.8 Å². The van der Waals surface area contributed by atoms with E-state index >= 15 is 0 Å². The standard InChI is InChI=1S/C20H34N4O3/c1-14(2)24(19(26)22-20(3,4)5)12-15-11-16(21-18(25)13-27-8)9-10-17(15)23(6)7/h9-11,14H,12-13H2,1-8H3,(H,21,25)(H,22,26). The molecule has 1 rings (SSSR count). The number of anilines is 2. The van der Waals surface area contributed by atoms with Crippen LogP contribution in [0.3, 0.4) is 0 Å². The van der Waals surface area contributed by atoms with Crippen molar-refractivity contribution in [1.82, 2.24) is 10.2 Å². The van der Waals surface area contributed by atoms with E-state index in [9.17, 15) is 9.59 Å². The number of methoxy groups -OCH3 is 1. The summed E-state index contributed by atoms with van der Waals surface area (Å²) in [6.07, 6.45) is 0. The summed E-state index contributed by atoms with van der Waals surface area (Å²) in [6, 6.07) is 5.60. The number of rotatable bonds is 7. The van der Waals surface area contributed by atoms with E-state index in [-0.39, 0.29) is 30.1 Å². The molecule has 0 saturated carbocycles. The summed E-state index contributed by atoms with van der Waals surface area (Å²) in [6.45, 7) is 10.3. The van der Waals surface area contributed by atoms with Gasteiger partial charge >= 0.3 is 6.03 Å². The van der Waals surface area contributed by atoms with Crippen molar-refractivity contribution in [3.05, 3.63) is 23.8 Å². The second-order valence-electron chi connectivity index (χ2n) is 8.12. The van der Waals surface area contributed by atoms with Crippen LogP contribution in [0.5, 0.6) is 0 Å². The Labute approximate surface area is 163 Å². The van der Waals surface area contributed by atoms with Crippen molar-refractivity contribution >= 4 is 23.3 Å². The maximum Gasteiger partial charge on any atom is 0.318 e. The number of carbonyl (C=O) groups is 2. The number of nitrogens with zero attached hydrogens (tertiary/aromatic N) is 2. The molecule has 0 heterocycles. The van der Waals surface area contributed by atoms with Crippen LogP contribution >= 0.6 is 0 Å².